The standard InChI is InChI=1S/C14H24N4O2S/c1-4-7-11-12(18(19)20)13(17(2)16-11)15-10-14(21-3)8-5-6-9-14/h15H,4-10H2,1-3H3. The van der Waals surface area contributed by atoms with Crippen molar-refractivity contribution >= 4 is 23.3 Å². The van der Waals surface area contributed by atoms with Crippen molar-refractivity contribution in [2.24, 2.45) is 7.05 Å². The number of rotatable bonds is 7. The van der Waals surface area contributed by atoms with Crippen LogP contribution in [0.15, 0.2) is 0 Å². The van der Waals surface area contributed by atoms with Gasteiger partial charge in [0.25, 0.3) is 0 Å². The van der Waals surface area contributed by atoms with E-state index < -0.39 is 0 Å². The zero-order valence-corrected chi connectivity index (χ0v) is 13.8. The van der Waals surface area contributed by atoms with Crippen LogP contribution < -0.4 is 5.32 Å². The van der Waals surface area contributed by atoms with E-state index in [1.165, 1.54) is 25.7 Å². The fourth-order valence-corrected chi connectivity index (χ4v) is 3.99. The minimum Gasteiger partial charge on any atom is -0.363 e. The highest BCUT2D eigenvalue weighted by Crippen LogP contribution is 2.41. The normalized spacial score (nSPS) is 17.1. The molecule has 1 saturated carbocycles. The van der Waals surface area contributed by atoms with Gasteiger partial charge in [-0.15, -0.1) is 0 Å². The highest BCUT2D eigenvalue weighted by atomic mass is 32.2. The van der Waals surface area contributed by atoms with Crippen molar-refractivity contribution in [3.05, 3.63) is 15.8 Å². The van der Waals surface area contributed by atoms with Gasteiger partial charge in [-0.05, 0) is 25.5 Å². The smallest absolute Gasteiger partial charge is 0.333 e. The third kappa shape index (κ3) is 3.33. The van der Waals surface area contributed by atoms with E-state index in [1.54, 1.807) is 11.7 Å². The molecule has 1 aliphatic carbocycles. The summed E-state index contributed by atoms with van der Waals surface area (Å²) in [5.41, 5.74) is 0.728. The van der Waals surface area contributed by atoms with Crippen LogP contribution in [-0.4, -0.2) is 32.3 Å². The lowest BCUT2D eigenvalue weighted by Crippen LogP contribution is -2.30. The fraction of sp³-hybridized carbons (Fsp3) is 0.786. The molecule has 0 amide bonds. The van der Waals surface area contributed by atoms with Crippen LogP contribution in [0.25, 0.3) is 0 Å². The molecule has 2 rings (SSSR count). The Labute approximate surface area is 129 Å². The Bertz CT molecular complexity index is 509. The first-order valence-corrected chi connectivity index (χ1v) is 8.75. The summed E-state index contributed by atoms with van der Waals surface area (Å²) in [6.45, 7) is 2.77. The lowest BCUT2D eigenvalue weighted by molar-refractivity contribution is -0.384. The number of hydrogen-bond acceptors (Lipinski definition) is 5. The lowest BCUT2D eigenvalue weighted by Gasteiger charge is -2.27. The van der Waals surface area contributed by atoms with E-state index in [2.05, 4.69) is 16.7 Å². The molecule has 0 bridgehead atoms. The van der Waals surface area contributed by atoms with Crippen LogP contribution in [0, 0.1) is 10.1 Å². The zero-order chi connectivity index (χ0) is 15.5. The van der Waals surface area contributed by atoms with E-state index in [-0.39, 0.29) is 15.4 Å². The minimum absolute atomic E-state index is 0.147. The first-order chi connectivity index (χ1) is 10.0. The Hall–Kier alpha value is -1.24. The van der Waals surface area contributed by atoms with Crippen molar-refractivity contribution in [3.8, 4) is 0 Å². The molecule has 1 heterocycles. The molecule has 1 aromatic heterocycles. The molecule has 1 aromatic rings. The third-order valence-corrected chi connectivity index (χ3v) is 5.71. The van der Waals surface area contributed by atoms with E-state index in [0.717, 1.165) is 13.0 Å². The molecule has 0 saturated heterocycles. The van der Waals surface area contributed by atoms with Gasteiger partial charge in [0.15, 0.2) is 0 Å². The maximum Gasteiger partial charge on any atom is 0.333 e. The summed E-state index contributed by atoms with van der Waals surface area (Å²) >= 11 is 1.87. The Morgan fingerprint density at radius 1 is 1.48 bits per heavy atom. The van der Waals surface area contributed by atoms with Crippen molar-refractivity contribution in [2.45, 2.75) is 50.2 Å². The highest BCUT2D eigenvalue weighted by molar-refractivity contribution is 8.00. The van der Waals surface area contributed by atoms with Crippen molar-refractivity contribution < 1.29 is 4.92 Å². The van der Waals surface area contributed by atoms with E-state index in [9.17, 15) is 10.1 Å². The average molecular weight is 312 g/mol. The lowest BCUT2D eigenvalue weighted by atomic mass is 10.1. The number of nitrogens with one attached hydrogen (secondary N) is 1. The maximum absolute atomic E-state index is 11.4. The molecular formula is C14H24N4O2S. The van der Waals surface area contributed by atoms with Crippen LogP contribution in [0.1, 0.15) is 44.7 Å². The summed E-state index contributed by atoms with van der Waals surface area (Å²) < 4.78 is 1.83. The summed E-state index contributed by atoms with van der Waals surface area (Å²) in [7, 11) is 1.77. The van der Waals surface area contributed by atoms with Gasteiger partial charge in [-0.3, -0.25) is 10.1 Å². The van der Waals surface area contributed by atoms with E-state index in [4.69, 9.17) is 0 Å². The molecule has 0 unspecified atom stereocenters. The van der Waals surface area contributed by atoms with Gasteiger partial charge in [-0.25, -0.2) is 4.68 Å². The zero-order valence-electron chi connectivity index (χ0n) is 13.0. The summed E-state index contributed by atoms with van der Waals surface area (Å²) in [6, 6.07) is 0. The molecule has 1 aliphatic rings. The van der Waals surface area contributed by atoms with Gasteiger partial charge in [0.2, 0.25) is 5.82 Å². The van der Waals surface area contributed by atoms with E-state index in [1.807, 2.05) is 18.7 Å². The maximum atomic E-state index is 11.4. The molecule has 7 heteroatoms. The number of aromatic nitrogens is 2. The molecule has 0 atom stereocenters. The first kappa shape index (κ1) is 16.1. The largest absolute Gasteiger partial charge is 0.363 e. The number of anilines is 1. The van der Waals surface area contributed by atoms with Gasteiger partial charge < -0.3 is 5.32 Å². The molecule has 1 N–H and O–H groups in total. The topological polar surface area (TPSA) is 73.0 Å². The van der Waals surface area contributed by atoms with Crippen molar-refractivity contribution in [3.63, 3.8) is 0 Å². The van der Waals surface area contributed by atoms with Crippen molar-refractivity contribution in [1.82, 2.24) is 9.78 Å². The van der Waals surface area contributed by atoms with Crippen LogP contribution in [0.3, 0.4) is 0 Å². The molecular weight excluding hydrogens is 288 g/mol. The van der Waals surface area contributed by atoms with Crippen molar-refractivity contribution in [2.75, 3.05) is 18.1 Å². The Morgan fingerprint density at radius 2 is 2.14 bits per heavy atom. The molecule has 1 fully saturated rings. The van der Waals surface area contributed by atoms with Crippen LogP contribution in [0.2, 0.25) is 0 Å². The number of hydrogen-bond donors (Lipinski definition) is 1. The fourth-order valence-electron chi connectivity index (χ4n) is 3.08. The van der Waals surface area contributed by atoms with Crippen LogP contribution in [-0.2, 0) is 13.5 Å². The van der Waals surface area contributed by atoms with Gasteiger partial charge in [-0.2, -0.15) is 16.9 Å². The highest BCUT2D eigenvalue weighted by Gasteiger charge is 2.34. The molecule has 6 nitrogen and oxygen atoms in total. The van der Waals surface area contributed by atoms with Gasteiger partial charge in [0.05, 0.1) is 4.92 Å². The predicted molar refractivity (Wildman–Crippen MR) is 87.1 cm³/mol. The Kier molecular flexibility index (Phi) is 5.13. The molecule has 0 spiro atoms. The predicted octanol–water partition coefficient (Wildman–Crippen LogP) is 3.37. The second kappa shape index (κ2) is 6.68. The summed E-state index contributed by atoms with van der Waals surface area (Å²) in [5, 5.41) is 19.0. The summed E-state index contributed by atoms with van der Waals surface area (Å²) in [6.07, 6.45) is 8.47. The minimum atomic E-state index is -0.305. The molecule has 118 valence electrons. The molecule has 21 heavy (non-hydrogen) atoms. The van der Waals surface area contributed by atoms with E-state index in [0.29, 0.717) is 17.9 Å². The van der Waals surface area contributed by atoms with Crippen molar-refractivity contribution in [1.29, 1.82) is 0 Å². The first-order valence-electron chi connectivity index (χ1n) is 7.52. The van der Waals surface area contributed by atoms with Crippen LogP contribution >= 0.6 is 11.8 Å². The van der Waals surface area contributed by atoms with E-state index >= 15 is 0 Å². The SMILES string of the molecule is CCCc1nn(C)c(NCC2(SC)CCCC2)c1[N+](=O)[O-]. The van der Waals surface area contributed by atoms with Crippen LogP contribution in [0.4, 0.5) is 11.5 Å². The van der Waals surface area contributed by atoms with Crippen LogP contribution in [0.5, 0.6) is 0 Å². The second-order valence-electron chi connectivity index (χ2n) is 5.72. The quantitative estimate of drug-likeness (QED) is 0.617. The number of nitrogens with zero attached hydrogens (tertiary/aromatic N) is 3. The molecule has 0 aliphatic heterocycles. The Morgan fingerprint density at radius 3 is 2.67 bits per heavy atom. The Balaban J connectivity index is 2.21. The second-order valence-corrected chi connectivity index (χ2v) is 7.00. The molecule has 0 radical (unpaired) electrons. The average Bonchev–Trinajstić information content (AvgIpc) is 3.02. The summed E-state index contributed by atoms with van der Waals surface area (Å²) in [4.78, 5) is 11.1. The summed E-state index contributed by atoms with van der Waals surface area (Å²) in [5.74, 6) is 0.545. The number of thioether (sulfide) groups is 1. The monoisotopic (exact) mass is 312 g/mol. The van der Waals surface area contributed by atoms with Gasteiger partial charge in [-0.1, -0.05) is 26.2 Å². The number of nitro groups is 1. The van der Waals surface area contributed by atoms with Gasteiger partial charge in [0.1, 0.15) is 5.69 Å². The van der Waals surface area contributed by atoms with Gasteiger partial charge >= 0.3 is 5.69 Å². The molecule has 0 aromatic carbocycles. The third-order valence-electron chi connectivity index (χ3n) is 4.29. The van der Waals surface area contributed by atoms with Gasteiger partial charge in [0, 0.05) is 18.3 Å². The number of aryl methyl sites for hydroxylation is 2.